The molecule has 0 aromatic heterocycles. The van der Waals surface area contributed by atoms with Crippen molar-refractivity contribution in [3.05, 3.63) is 29.8 Å². The number of rotatable bonds is 4. The lowest BCUT2D eigenvalue weighted by molar-refractivity contribution is 0.0920. The average Bonchev–Trinajstić information content (AvgIpc) is 2.86. The second-order valence-corrected chi connectivity index (χ2v) is 7.06. The maximum atomic E-state index is 12.2. The maximum Gasteiger partial charge on any atom is 0.252 e. The predicted molar refractivity (Wildman–Crippen MR) is 79.2 cm³/mol. The molecule has 0 aliphatic heterocycles. The summed E-state index contributed by atoms with van der Waals surface area (Å²) in [7, 11) is -3.39. The molecule has 0 spiro atoms. The van der Waals surface area contributed by atoms with Crippen LogP contribution in [0.2, 0.25) is 0 Å². The highest BCUT2D eigenvalue weighted by Gasteiger charge is 2.35. The molecule has 1 aromatic rings. The molecule has 2 rings (SSSR count). The van der Waals surface area contributed by atoms with Crippen molar-refractivity contribution in [3.8, 4) is 6.07 Å². The lowest BCUT2D eigenvalue weighted by atomic mass is 9.99. The smallest absolute Gasteiger partial charge is 0.252 e. The fourth-order valence-corrected chi connectivity index (χ4v) is 3.03. The molecule has 0 saturated heterocycles. The molecule has 6 nitrogen and oxygen atoms in total. The van der Waals surface area contributed by atoms with Crippen LogP contribution in [-0.2, 0) is 10.0 Å². The SMILES string of the molecule is CS(=O)(=O)Nc1cccc(C(=O)NC2(C#N)CCCC2)c1. The number of nitrogens with zero attached hydrogens (tertiary/aromatic N) is 1. The van der Waals surface area contributed by atoms with Crippen LogP contribution in [-0.4, -0.2) is 26.1 Å². The van der Waals surface area contributed by atoms with E-state index in [2.05, 4.69) is 16.1 Å². The van der Waals surface area contributed by atoms with Crippen molar-refractivity contribution < 1.29 is 13.2 Å². The third kappa shape index (κ3) is 3.95. The van der Waals surface area contributed by atoms with Crippen LogP contribution in [0.15, 0.2) is 24.3 Å². The van der Waals surface area contributed by atoms with Gasteiger partial charge in [-0.25, -0.2) is 8.42 Å². The van der Waals surface area contributed by atoms with E-state index < -0.39 is 15.6 Å². The Balaban J connectivity index is 2.16. The first-order chi connectivity index (χ1) is 9.84. The van der Waals surface area contributed by atoms with Crippen molar-refractivity contribution in [1.29, 1.82) is 5.26 Å². The number of carbonyl (C=O) groups excluding carboxylic acids is 1. The van der Waals surface area contributed by atoms with E-state index in [1.807, 2.05) is 0 Å². The summed E-state index contributed by atoms with van der Waals surface area (Å²) in [6.45, 7) is 0. The van der Waals surface area contributed by atoms with Gasteiger partial charge < -0.3 is 5.32 Å². The summed E-state index contributed by atoms with van der Waals surface area (Å²) in [4.78, 5) is 12.2. The molecule has 1 saturated carbocycles. The molecular weight excluding hydrogens is 290 g/mol. The number of nitrogens with one attached hydrogen (secondary N) is 2. The van der Waals surface area contributed by atoms with E-state index in [-0.39, 0.29) is 5.91 Å². The van der Waals surface area contributed by atoms with Gasteiger partial charge in [0.05, 0.1) is 12.3 Å². The molecule has 1 amide bonds. The maximum absolute atomic E-state index is 12.2. The summed E-state index contributed by atoms with van der Waals surface area (Å²) in [5.41, 5.74) is -0.148. The monoisotopic (exact) mass is 307 g/mol. The first-order valence-electron chi connectivity index (χ1n) is 6.65. The van der Waals surface area contributed by atoms with Crippen molar-refractivity contribution in [1.82, 2.24) is 5.32 Å². The molecule has 1 aliphatic rings. The number of anilines is 1. The number of hydrogen-bond donors (Lipinski definition) is 2. The molecule has 112 valence electrons. The molecule has 1 aliphatic carbocycles. The Morgan fingerprint density at radius 3 is 2.57 bits per heavy atom. The Bertz CT molecular complexity index is 686. The zero-order valence-electron chi connectivity index (χ0n) is 11.7. The Kier molecular flexibility index (Phi) is 4.19. The second-order valence-electron chi connectivity index (χ2n) is 5.31. The van der Waals surface area contributed by atoms with Crippen LogP contribution in [0.1, 0.15) is 36.0 Å². The second kappa shape index (κ2) is 5.74. The lowest BCUT2D eigenvalue weighted by Gasteiger charge is -2.22. The largest absolute Gasteiger partial charge is 0.334 e. The molecular formula is C14H17N3O3S. The minimum Gasteiger partial charge on any atom is -0.334 e. The van der Waals surface area contributed by atoms with Gasteiger partial charge in [0.15, 0.2) is 0 Å². The quantitative estimate of drug-likeness (QED) is 0.883. The molecule has 21 heavy (non-hydrogen) atoms. The summed E-state index contributed by atoms with van der Waals surface area (Å²) >= 11 is 0. The van der Waals surface area contributed by atoms with Gasteiger partial charge in [0.1, 0.15) is 5.54 Å². The van der Waals surface area contributed by atoms with Gasteiger partial charge in [-0.15, -0.1) is 0 Å². The van der Waals surface area contributed by atoms with E-state index in [1.165, 1.54) is 6.07 Å². The minimum absolute atomic E-state index is 0.322. The van der Waals surface area contributed by atoms with Gasteiger partial charge in [-0.3, -0.25) is 9.52 Å². The van der Waals surface area contributed by atoms with Crippen LogP contribution in [0.25, 0.3) is 0 Å². The van der Waals surface area contributed by atoms with Crippen LogP contribution in [0.3, 0.4) is 0 Å². The van der Waals surface area contributed by atoms with E-state index in [9.17, 15) is 18.5 Å². The van der Waals surface area contributed by atoms with Crippen LogP contribution >= 0.6 is 0 Å². The number of amides is 1. The highest BCUT2D eigenvalue weighted by Crippen LogP contribution is 2.29. The van der Waals surface area contributed by atoms with E-state index in [1.54, 1.807) is 18.2 Å². The van der Waals surface area contributed by atoms with Gasteiger partial charge in [0, 0.05) is 11.3 Å². The van der Waals surface area contributed by atoms with Crippen molar-refractivity contribution in [2.24, 2.45) is 0 Å². The molecule has 1 aromatic carbocycles. The zero-order valence-corrected chi connectivity index (χ0v) is 12.5. The van der Waals surface area contributed by atoms with Crippen molar-refractivity contribution in [3.63, 3.8) is 0 Å². The van der Waals surface area contributed by atoms with E-state index in [4.69, 9.17) is 0 Å². The fourth-order valence-electron chi connectivity index (χ4n) is 2.47. The van der Waals surface area contributed by atoms with Gasteiger partial charge in [0.25, 0.3) is 5.91 Å². The molecule has 0 atom stereocenters. The van der Waals surface area contributed by atoms with Gasteiger partial charge in [-0.1, -0.05) is 6.07 Å². The van der Waals surface area contributed by atoms with E-state index in [0.29, 0.717) is 24.1 Å². The summed E-state index contributed by atoms with van der Waals surface area (Å²) in [6.07, 6.45) is 4.18. The van der Waals surface area contributed by atoms with Gasteiger partial charge in [0.2, 0.25) is 10.0 Å². The normalized spacial score (nSPS) is 17.0. The molecule has 7 heteroatoms. The summed E-state index contributed by atoms with van der Waals surface area (Å²) < 4.78 is 24.7. The molecule has 0 bridgehead atoms. The number of hydrogen-bond acceptors (Lipinski definition) is 4. The molecule has 0 unspecified atom stereocenters. The predicted octanol–water partition coefficient (Wildman–Crippen LogP) is 1.62. The van der Waals surface area contributed by atoms with Crippen LogP contribution in [0.4, 0.5) is 5.69 Å². The number of nitriles is 1. The van der Waals surface area contributed by atoms with E-state index in [0.717, 1.165) is 19.1 Å². The average molecular weight is 307 g/mol. The Labute approximate surface area is 124 Å². The standard InChI is InChI=1S/C14H17N3O3S/c1-21(19,20)17-12-6-4-5-11(9-12)13(18)16-14(10-15)7-2-3-8-14/h4-6,9,17H,2-3,7-8H2,1H3,(H,16,18). The zero-order chi connectivity index (χ0) is 15.5. The number of benzene rings is 1. The Morgan fingerprint density at radius 2 is 2.00 bits per heavy atom. The molecule has 2 N–H and O–H groups in total. The minimum atomic E-state index is -3.39. The van der Waals surface area contributed by atoms with Gasteiger partial charge in [-0.2, -0.15) is 5.26 Å². The fraction of sp³-hybridized carbons (Fsp3) is 0.429. The van der Waals surface area contributed by atoms with Gasteiger partial charge in [-0.05, 0) is 43.9 Å². The Morgan fingerprint density at radius 1 is 1.33 bits per heavy atom. The summed E-state index contributed by atoms with van der Waals surface area (Å²) in [5, 5.41) is 12.0. The highest BCUT2D eigenvalue weighted by atomic mass is 32.2. The highest BCUT2D eigenvalue weighted by molar-refractivity contribution is 7.92. The third-order valence-corrected chi connectivity index (χ3v) is 4.06. The third-order valence-electron chi connectivity index (χ3n) is 3.45. The van der Waals surface area contributed by atoms with Crippen LogP contribution in [0, 0.1) is 11.3 Å². The molecule has 0 radical (unpaired) electrons. The lowest BCUT2D eigenvalue weighted by Crippen LogP contribution is -2.45. The van der Waals surface area contributed by atoms with Crippen LogP contribution in [0.5, 0.6) is 0 Å². The van der Waals surface area contributed by atoms with E-state index >= 15 is 0 Å². The Hall–Kier alpha value is -2.07. The van der Waals surface area contributed by atoms with Crippen molar-refractivity contribution in [2.75, 3.05) is 11.0 Å². The van der Waals surface area contributed by atoms with Gasteiger partial charge >= 0.3 is 0 Å². The van der Waals surface area contributed by atoms with Crippen molar-refractivity contribution >= 4 is 21.6 Å². The molecule has 0 heterocycles. The number of carbonyl (C=O) groups is 1. The van der Waals surface area contributed by atoms with Crippen LogP contribution < -0.4 is 10.0 Å². The topological polar surface area (TPSA) is 99.1 Å². The number of sulfonamides is 1. The first-order valence-corrected chi connectivity index (χ1v) is 8.54. The molecule has 1 fully saturated rings. The summed E-state index contributed by atoms with van der Waals surface area (Å²) in [6, 6.07) is 8.38. The first kappa shape index (κ1) is 15.3. The summed E-state index contributed by atoms with van der Waals surface area (Å²) in [5.74, 6) is -0.365. The van der Waals surface area contributed by atoms with Crippen molar-refractivity contribution in [2.45, 2.75) is 31.2 Å².